The minimum Gasteiger partial charge on any atom is -0.289 e. The number of hydrogen-bond acceptors (Lipinski definition) is 1. The monoisotopic (exact) mass is 454 g/mol. The molecular weight excluding hydrogens is 412 g/mol. The maximum atomic E-state index is 13.8. The van der Waals surface area contributed by atoms with Gasteiger partial charge in [0.25, 0.3) is 0 Å². The van der Waals surface area contributed by atoms with Crippen molar-refractivity contribution in [2.75, 3.05) is 0 Å². The summed E-state index contributed by atoms with van der Waals surface area (Å²) in [4.78, 5) is 13.8. The Bertz CT molecular complexity index is 1170. The van der Waals surface area contributed by atoms with Gasteiger partial charge in [-0.05, 0) is 50.0 Å². The fraction of sp³-hybridized carbons (Fsp3) is 0.424. The van der Waals surface area contributed by atoms with Crippen LogP contribution in [-0.2, 0) is 21.7 Å². The van der Waals surface area contributed by atoms with Crippen molar-refractivity contribution < 1.29 is 4.79 Å². The van der Waals surface area contributed by atoms with Crippen molar-refractivity contribution in [2.24, 2.45) is 0 Å². The summed E-state index contributed by atoms with van der Waals surface area (Å²) in [5.41, 5.74) is 5.99. The van der Waals surface area contributed by atoms with E-state index in [1.807, 2.05) is 30.3 Å². The minimum atomic E-state index is -0.292. The summed E-state index contributed by atoms with van der Waals surface area (Å²) in [5, 5.41) is 0. The molecule has 0 amide bonds. The summed E-state index contributed by atoms with van der Waals surface area (Å²) in [7, 11) is 0. The molecule has 1 nitrogen and oxygen atoms in total. The lowest BCUT2D eigenvalue weighted by molar-refractivity contribution is 0.103. The Morgan fingerprint density at radius 3 is 1.62 bits per heavy atom. The third kappa shape index (κ3) is 4.90. The highest BCUT2D eigenvalue weighted by Crippen LogP contribution is 2.46. The normalized spacial score (nSPS) is 13.1. The molecule has 0 fully saturated rings. The zero-order valence-electron chi connectivity index (χ0n) is 22.8. The van der Waals surface area contributed by atoms with Crippen LogP contribution in [0.3, 0.4) is 0 Å². The number of carbonyl (C=O) groups is 1. The van der Waals surface area contributed by atoms with Gasteiger partial charge in [-0.3, -0.25) is 4.79 Å². The van der Waals surface area contributed by atoms with Crippen molar-refractivity contribution in [3.05, 3.63) is 106 Å². The van der Waals surface area contributed by atoms with Gasteiger partial charge in [-0.2, -0.15) is 0 Å². The molecule has 3 rings (SSSR count). The van der Waals surface area contributed by atoms with Crippen LogP contribution in [0.2, 0.25) is 0 Å². The number of carbonyl (C=O) groups excluding carboxylic acids is 1. The predicted octanol–water partition coefficient (Wildman–Crippen LogP) is 8.77. The molecule has 0 saturated heterocycles. The van der Waals surface area contributed by atoms with E-state index in [4.69, 9.17) is 0 Å². The fourth-order valence-corrected chi connectivity index (χ4v) is 4.56. The number of benzene rings is 3. The Kier molecular flexibility index (Phi) is 6.74. The number of ketones is 1. The first-order valence-corrected chi connectivity index (χ1v) is 12.4. The minimum absolute atomic E-state index is 0.0368. The zero-order valence-corrected chi connectivity index (χ0v) is 22.8. The Balaban J connectivity index is 2.22. The van der Waals surface area contributed by atoms with Crippen molar-refractivity contribution in [1.29, 1.82) is 0 Å². The summed E-state index contributed by atoms with van der Waals surface area (Å²) in [5.74, 6) is 0.0917. The molecule has 34 heavy (non-hydrogen) atoms. The molecule has 0 spiro atoms. The van der Waals surface area contributed by atoms with Crippen LogP contribution in [0.5, 0.6) is 0 Å². The van der Waals surface area contributed by atoms with E-state index in [1.54, 1.807) is 0 Å². The smallest absolute Gasteiger partial charge is 0.193 e. The molecule has 1 heteroatoms. The number of hydrogen-bond donors (Lipinski definition) is 0. The first-order chi connectivity index (χ1) is 15.6. The summed E-state index contributed by atoms with van der Waals surface area (Å²) in [6, 6.07) is 25.2. The van der Waals surface area contributed by atoms with Gasteiger partial charge in [-0.15, -0.1) is 0 Å². The molecule has 0 aliphatic heterocycles. The van der Waals surface area contributed by atoms with Gasteiger partial charge in [0.15, 0.2) is 5.78 Å². The fourth-order valence-electron chi connectivity index (χ4n) is 4.56. The van der Waals surface area contributed by atoms with Crippen LogP contribution in [0, 0.1) is 0 Å². The van der Waals surface area contributed by atoms with Crippen LogP contribution >= 0.6 is 0 Å². The standard InChI is InChI=1S/C33H42O/c1-30(2,3)24-17-14-18-26(21-24)32(7,8)33(9,10)28-20-19-25(31(4,5)6)22-27(28)29(34)23-15-12-11-13-16-23/h11-22H,1-10H3. The van der Waals surface area contributed by atoms with E-state index in [9.17, 15) is 4.79 Å². The highest BCUT2D eigenvalue weighted by atomic mass is 16.1. The summed E-state index contributed by atoms with van der Waals surface area (Å²) in [6.45, 7) is 22.6. The van der Waals surface area contributed by atoms with Crippen LogP contribution in [0.4, 0.5) is 0 Å². The van der Waals surface area contributed by atoms with Gasteiger partial charge in [0, 0.05) is 11.1 Å². The van der Waals surface area contributed by atoms with E-state index in [-0.39, 0.29) is 27.4 Å². The summed E-state index contributed by atoms with van der Waals surface area (Å²) < 4.78 is 0. The Morgan fingerprint density at radius 2 is 1.06 bits per heavy atom. The molecule has 0 aliphatic rings. The van der Waals surface area contributed by atoms with E-state index < -0.39 is 0 Å². The topological polar surface area (TPSA) is 17.1 Å². The van der Waals surface area contributed by atoms with Crippen LogP contribution < -0.4 is 0 Å². The second-order valence-electron chi connectivity index (χ2n) is 12.8. The first kappa shape index (κ1) is 25.9. The van der Waals surface area contributed by atoms with Crippen LogP contribution in [0.25, 0.3) is 0 Å². The average Bonchev–Trinajstić information content (AvgIpc) is 2.77. The van der Waals surface area contributed by atoms with Crippen molar-refractivity contribution in [1.82, 2.24) is 0 Å². The van der Waals surface area contributed by atoms with Gasteiger partial charge in [-0.25, -0.2) is 0 Å². The number of rotatable bonds is 5. The lowest BCUT2D eigenvalue weighted by Gasteiger charge is -2.44. The van der Waals surface area contributed by atoms with E-state index in [0.29, 0.717) is 0 Å². The molecule has 0 bridgehead atoms. The second-order valence-corrected chi connectivity index (χ2v) is 12.8. The van der Waals surface area contributed by atoms with E-state index in [1.165, 1.54) is 16.7 Å². The van der Waals surface area contributed by atoms with Crippen LogP contribution in [0.15, 0.2) is 72.8 Å². The predicted molar refractivity (Wildman–Crippen MR) is 146 cm³/mol. The van der Waals surface area contributed by atoms with Gasteiger partial charge in [-0.1, -0.05) is 136 Å². The summed E-state index contributed by atoms with van der Waals surface area (Å²) in [6.07, 6.45) is 0. The average molecular weight is 455 g/mol. The molecule has 3 aromatic carbocycles. The molecule has 0 heterocycles. The quantitative estimate of drug-likeness (QED) is 0.352. The largest absolute Gasteiger partial charge is 0.289 e. The second kappa shape index (κ2) is 8.84. The van der Waals surface area contributed by atoms with Crippen molar-refractivity contribution >= 4 is 5.78 Å². The Labute approximate surface area is 207 Å². The van der Waals surface area contributed by atoms with Gasteiger partial charge < -0.3 is 0 Å². The zero-order chi connectivity index (χ0) is 25.5. The van der Waals surface area contributed by atoms with Gasteiger partial charge in [0.2, 0.25) is 0 Å². The van der Waals surface area contributed by atoms with Gasteiger partial charge in [0.05, 0.1) is 0 Å². The van der Waals surface area contributed by atoms with Crippen LogP contribution in [-0.4, -0.2) is 5.78 Å². The molecule has 180 valence electrons. The highest BCUT2D eigenvalue weighted by molar-refractivity contribution is 6.10. The highest BCUT2D eigenvalue weighted by Gasteiger charge is 2.42. The SMILES string of the molecule is CC(C)(C)c1cccc(C(C)(C)C(C)(C)c2ccc(C(C)(C)C)cc2C(=O)c2ccccc2)c1. The first-order valence-electron chi connectivity index (χ1n) is 12.4. The van der Waals surface area contributed by atoms with Gasteiger partial charge >= 0.3 is 0 Å². The maximum absolute atomic E-state index is 13.8. The van der Waals surface area contributed by atoms with Crippen molar-refractivity contribution in [3.63, 3.8) is 0 Å². The third-order valence-corrected chi connectivity index (χ3v) is 7.85. The van der Waals surface area contributed by atoms with E-state index >= 15 is 0 Å². The molecule has 3 aromatic rings. The van der Waals surface area contributed by atoms with Crippen molar-refractivity contribution in [3.8, 4) is 0 Å². The lowest BCUT2D eigenvalue weighted by Crippen LogP contribution is -2.41. The van der Waals surface area contributed by atoms with Gasteiger partial charge in [0.1, 0.15) is 0 Å². The third-order valence-electron chi connectivity index (χ3n) is 7.85. The molecule has 0 radical (unpaired) electrons. The maximum Gasteiger partial charge on any atom is 0.193 e. The Morgan fingerprint density at radius 1 is 0.529 bits per heavy atom. The Hall–Kier alpha value is -2.67. The molecule has 0 N–H and O–H groups in total. The molecular formula is C33H42O. The summed E-state index contributed by atoms with van der Waals surface area (Å²) >= 11 is 0. The molecule has 0 aliphatic carbocycles. The molecule has 0 atom stereocenters. The van der Waals surface area contributed by atoms with Crippen molar-refractivity contribution in [2.45, 2.75) is 90.9 Å². The van der Waals surface area contributed by atoms with E-state index in [2.05, 4.69) is 112 Å². The van der Waals surface area contributed by atoms with E-state index in [0.717, 1.165) is 16.7 Å². The molecule has 0 aromatic heterocycles. The molecule has 0 unspecified atom stereocenters. The van der Waals surface area contributed by atoms with Crippen LogP contribution in [0.1, 0.15) is 107 Å². The molecule has 0 saturated carbocycles. The lowest BCUT2D eigenvalue weighted by atomic mass is 9.59.